The topological polar surface area (TPSA) is 57.2 Å². The highest BCUT2D eigenvalue weighted by Gasteiger charge is 2.51. The molecule has 1 aromatic carbocycles. The van der Waals surface area contributed by atoms with E-state index in [4.69, 9.17) is 18.8 Å². The summed E-state index contributed by atoms with van der Waals surface area (Å²) in [6.45, 7) is 17.4. The van der Waals surface area contributed by atoms with Gasteiger partial charge in [0.1, 0.15) is 5.60 Å². The van der Waals surface area contributed by atoms with E-state index in [0.29, 0.717) is 19.8 Å². The lowest BCUT2D eigenvalue weighted by Gasteiger charge is -2.37. The maximum atomic E-state index is 12.7. The molecule has 6 nitrogen and oxygen atoms in total. The molecule has 2 saturated heterocycles. The molecule has 0 aromatic heterocycles. The second-order valence-electron chi connectivity index (χ2n) is 9.97. The van der Waals surface area contributed by atoms with Gasteiger partial charge in [0.2, 0.25) is 0 Å². The van der Waals surface area contributed by atoms with E-state index in [-0.39, 0.29) is 23.3 Å². The first kappa shape index (κ1) is 22.1. The van der Waals surface area contributed by atoms with Crippen molar-refractivity contribution in [3.63, 3.8) is 0 Å². The number of nitrogens with zero attached hydrogens (tertiary/aromatic N) is 1. The van der Waals surface area contributed by atoms with Crippen molar-refractivity contribution in [1.29, 1.82) is 0 Å². The van der Waals surface area contributed by atoms with E-state index >= 15 is 0 Å². The Morgan fingerprint density at radius 3 is 2.34 bits per heavy atom. The summed E-state index contributed by atoms with van der Waals surface area (Å²) >= 11 is 0. The van der Waals surface area contributed by atoms with Crippen LogP contribution in [0.15, 0.2) is 18.2 Å². The van der Waals surface area contributed by atoms with E-state index in [2.05, 4.69) is 6.07 Å². The summed E-state index contributed by atoms with van der Waals surface area (Å²) in [6.07, 6.45) is -0.305. The van der Waals surface area contributed by atoms with Crippen LogP contribution in [0, 0.1) is 6.92 Å². The predicted molar refractivity (Wildman–Crippen MR) is 113 cm³/mol. The van der Waals surface area contributed by atoms with Gasteiger partial charge >= 0.3 is 13.2 Å². The third-order valence-electron chi connectivity index (χ3n) is 5.93. The lowest BCUT2D eigenvalue weighted by atomic mass is 9.77. The normalized spacial score (nSPS) is 23.9. The Balaban J connectivity index is 1.83. The number of rotatable bonds is 2. The Bertz CT molecular complexity index is 755. The quantitative estimate of drug-likeness (QED) is 0.707. The van der Waals surface area contributed by atoms with E-state index in [1.165, 1.54) is 0 Å². The first-order valence-electron chi connectivity index (χ1n) is 10.3. The zero-order valence-corrected chi connectivity index (χ0v) is 19.0. The molecule has 0 saturated carbocycles. The second kappa shape index (κ2) is 7.60. The minimum Gasteiger partial charge on any atom is -0.444 e. The molecule has 160 valence electrons. The number of aryl methyl sites for hydroxylation is 1. The van der Waals surface area contributed by atoms with Crippen LogP contribution in [0.4, 0.5) is 4.79 Å². The van der Waals surface area contributed by atoms with Gasteiger partial charge in [0, 0.05) is 6.54 Å². The summed E-state index contributed by atoms with van der Waals surface area (Å²) in [5.74, 6) is 0. The van der Waals surface area contributed by atoms with E-state index in [9.17, 15) is 4.79 Å². The minimum absolute atomic E-state index is 0.175. The number of ether oxygens (including phenoxy) is 2. The van der Waals surface area contributed by atoms with Crippen LogP contribution in [0.3, 0.4) is 0 Å². The lowest BCUT2D eigenvalue weighted by Crippen LogP contribution is -2.46. The Morgan fingerprint density at radius 2 is 1.79 bits per heavy atom. The number of carbonyl (C=O) groups is 1. The summed E-state index contributed by atoms with van der Waals surface area (Å²) in [5.41, 5.74) is 1.81. The molecule has 2 heterocycles. The molecule has 0 aliphatic carbocycles. The van der Waals surface area contributed by atoms with Crippen LogP contribution in [0.25, 0.3) is 0 Å². The zero-order valence-electron chi connectivity index (χ0n) is 19.0. The number of benzene rings is 1. The van der Waals surface area contributed by atoms with Crippen LogP contribution in [0.2, 0.25) is 0 Å². The van der Waals surface area contributed by atoms with Gasteiger partial charge in [0.25, 0.3) is 0 Å². The molecule has 1 atom stereocenters. The standard InChI is InChI=1S/C22H34BNO5/c1-15-13-16(23-28-21(5,6)22(7,8)29-23)9-10-17(15)18-14-26-12-11-24(18)19(25)27-20(2,3)4/h9-10,13,18H,11-12,14H2,1-8H3. The molecular weight excluding hydrogens is 369 g/mol. The Kier molecular flexibility index (Phi) is 5.80. The Hall–Kier alpha value is -1.57. The largest absolute Gasteiger partial charge is 0.494 e. The molecule has 3 rings (SSSR count). The number of morpholine rings is 1. The molecule has 29 heavy (non-hydrogen) atoms. The van der Waals surface area contributed by atoms with E-state index in [1.54, 1.807) is 4.90 Å². The molecule has 1 amide bonds. The van der Waals surface area contributed by atoms with Crippen molar-refractivity contribution in [3.05, 3.63) is 29.3 Å². The summed E-state index contributed by atoms with van der Waals surface area (Å²) in [7, 11) is -0.405. The monoisotopic (exact) mass is 403 g/mol. The van der Waals surface area contributed by atoms with Crippen LogP contribution in [0.1, 0.15) is 65.6 Å². The van der Waals surface area contributed by atoms with Gasteiger partial charge in [-0.05, 0) is 72.0 Å². The number of hydrogen-bond acceptors (Lipinski definition) is 5. The first-order valence-corrected chi connectivity index (χ1v) is 10.3. The van der Waals surface area contributed by atoms with Crippen molar-refractivity contribution in [2.45, 2.75) is 78.2 Å². The minimum atomic E-state index is -0.532. The van der Waals surface area contributed by atoms with Crippen molar-refractivity contribution < 1.29 is 23.6 Å². The van der Waals surface area contributed by atoms with Crippen molar-refractivity contribution in [1.82, 2.24) is 4.90 Å². The summed E-state index contributed by atoms with van der Waals surface area (Å²) in [6, 6.07) is 5.98. The third-order valence-corrected chi connectivity index (χ3v) is 5.93. The van der Waals surface area contributed by atoms with Crippen LogP contribution in [-0.4, -0.2) is 54.7 Å². The van der Waals surface area contributed by atoms with Gasteiger partial charge in [-0.25, -0.2) is 4.79 Å². The Morgan fingerprint density at radius 1 is 1.17 bits per heavy atom. The summed E-state index contributed by atoms with van der Waals surface area (Å²) in [5, 5.41) is 0. The predicted octanol–water partition coefficient (Wildman–Crippen LogP) is 3.60. The van der Waals surface area contributed by atoms with Crippen LogP contribution in [-0.2, 0) is 18.8 Å². The second-order valence-corrected chi connectivity index (χ2v) is 9.97. The zero-order chi connectivity index (χ0) is 21.6. The fraction of sp³-hybridized carbons (Fsp3) is 0.682. The molecular formula is C22H34BNO5. The van der Waals surface area contributed by atoms with Gasteiger partial charge < -0.3 is 18.8 Å². The molecule has 7 heteroatoms. The lowest BCUT2D eigenvalue weighted by molar-refractivity contribution is -0.0332. The summed E-state index contributed by atoms with van der Waals surface area (Å²) in [4.78, 5) is 14.5. The average Bonchev–Trinajstić information content (AvgIpc) is 2.81. The fourth-order valence-electron chi connectivity index (χ4n) is 3.60. The number of hydrogen-bond donors (Lipinski definition) is 0. The molecule has 0 radical (unpaired) electrons. The van der Waals surface area contributed by atoms with Gasteiger partial charge in [-0.3, -0.25) is 4.90 Å². The molecule has 2 aliphatic heterocycles. The molecule has 1 unspecified atom stereocenters. The molecule has 2 fully saturated rings. The molecule has 0 spiro atoms. The van der Waals surface area contributed by atoms with Gasteiger partial charge in [-0.1, -0.05) is 18.2 Å². The van der Waals surface area contributed by atoms with Crippen LogP contribution < -0.4 is 5.46 Å². The number of carbonyl (C=O) groups excluding carboxylic acids is 1. The van der Waals surface area contributed by atoms with Gasteiger partial charge in [-0.15, -0.1) is 0 Å². The SMILES string of the molecule is Cc1cc(B2OC(C)(C)C(C)(C)O2)ccc1C1COCCN1C(=O)OC(C)(C)C. The first-order chi connectivity index (χ1) is 13.3. The van der Waals surface area contributed by atoms with Gasteiger partial charge in [-0.2, -0.15) is 0 Å². The van der Waals surface area contributed by atoms with Crippen molar-refractivity contribution >= 4 is 18.7 Å². The Labute approximate surface area is 175 Å². The smallest absolute Gasteiger partial charge is 0.444 e. The van der Waals surface area contributed by atoms with Crippen LogP contribution in [0.5, 0.6) is 0 Å². The summed E-state index contributed by atoms with van der Waals surface area (Å²) < 4.78 is 23.6. The maximum Gasteiger partial charge on any atom is 0.494 e. The third kappa shape index (κ3) is 4.62. The number of amides is 1. The average molecular weight is 403 g/mol. The highest BCUT2D eigenvalue weighted by molar-refractivity contribution is 6.62. The van der Waals surface area contributed by atoms with Crippen molar-refractivity contribution in [2.24, 2.45) is 0 Å². The fourth-order valence-corrected chi connectivity index (χ4v) is 3.60. The van der Waals surface area contributed by atoms with Crippen molar-refractivity contribution in [3.8, 4) is 0 Å². The van der Waals surface area contributed by atoms with E-state index in [1.807, 2.05) is 67.5 Å². The highest BCUT2D eigenvalue weighted by atomic mass is 16.7. The van der Waals surface area contributed by atoms with Crippen molar-refractivity contribution in [2.75, 3.05) is 19.8 Å². The van der Waals surface area contributed by atoms with E-state index in [0.717, 1.165) is 16.6 Å². The molecule has 2 aliphatic rings. The van der Waals surface area contributed by atoms with Gasteiger partial charge in [0.05, 0.1) is 30.5 Å². The maximum absolute atomic E-state index is 12.7. The van der Waals surface area contributed by atoms with E-state index < -0.39 is 12.7 Å². The highest BCUT2D eigenvalue weighted by Crippen LogP contribution is 2.37. The van der Waals surface area contributed by atoms with Crippen LogP contribution >= 0.6 is 0 Å². The molecule has 1 aromatic rings. The molecule has 0 bridgehead atoms. The molecule has 0 N–H and O–H groups in total. The van der Waals surface area contributed by atoms with Gasteiger partial charge in [0.15, 0.2) is 0 Å².